The van der Waals surface area contributed by atoms with Gasteiger partial charge < -0.3 is 23.5 Å². The van der Waals surface area contributed by atoms with Gasteiger partial charge in [0, 0.05) is 81.5 Å². The molecule has 7 heteroatoms. The van der Waals surface area contributed by atoms with Gasteiger partial charge in [-0.25, -0.2) is 0 Å². The number of para-hydroxylation sites is 3. The minimum Gasteiger partial charge on any atom is -0.456 e. The van der Waals surface area contributed by atoms with E-state index in [2.05, 4.69) is 262 Å². The highest BCUT2D eigenvalue weighted by atomic mass is 32.1. The molecule has 5 nitrogen and oxygen atoms in total. The normalized spacial score (nSPS) is 13.4. The number of hydrogen-bond acceptors (Lipinski definition) is 6. The maximum atomic E-state index is 6.93. The van der Waals surface area contributed by atoms with Gasteiger partial charge in [0.05, 0.1) is 11.4 Å². The molecule has 0 saturated heterocycles. The number of nitrogens with zero attached hydrogens (tertiary/aromatic N) is 3. The van der Waals surface area contributed by atoms with Gasteiger partial charge in [0.25, 0.3) is 6.71 Å². The smallest absolute Gasteiger partial charge is 0.252 e. The fourth-order valence-electron chi connectivity index (χ4n) is 12.3. The molecule has 0 atom stereocenters. The summed E-state index contributed by atoms with van der Waals surface area (Å²) in [6.07, 6.45) is 0. The van der Waals surface area contributed by atoms with Crippen LogP contribution in [0.1, 0.15) is 52.7 Å². The van der Waals surface area contributed by atoms with Gasteiger partial charge in [0.15, 0.2) is 5.58 Å². The van der Waals surface area contributed by atoms with Crippen LogP contribution in [0.15, 0.2) is 215 Å². The maximum absolute atomic E-state index is 6.93. The average Bonchev–Trinajstić information content (AvgIpc) is 4.12. The Morgan fingerprint density at radius 2 is 0.960 bits per heavy atom. The van der Waals surface area contributed by atoms with Crippen LogP contribution in [0.3, 0.4) is 0 Å². The zero-order chi connectivity index (χ0) is 50.5. The molecule has 0 spiro atoms. The number of anilines is 9. The quantitative estimate of drug-likeness (QED) is 0.161. The predicted molar refractivity (Wildman–Crippen MR) is 320 cm³/mol. The Kier molecular flexibility index (Phi) is 9.39. The molecule has 75 heavy (non-hydrogen) atoms. The van der Waals surface area contributed by atoms with E-state index >= 15 is 0 Å². The third-order valence-corrected chi connectivity index (χ3v) is 17.1. The van der Waals surface area contributed by atoms with Gasteiger partial charge in [-0.05, 0) is 135 Å². The lowest BCUT2D eigenvalue weighted by Gasteiger charge is -2.44. The summed E-state index contributed by atoms with van der Waals surface area (Å²) in [6.45, 7) is 13.6. The molecule has 0 unspecified atom stereocenters. The summed E-state index contributed by atoms with van der Waals surface area (Å²) >= 11 is 1.84. The summed E-state index contributed by atoms with van der Waals surface area (Å²) in [4.78, 5) is 7.47. The third-order valence-electron chi connectivity index (χ3n) is 16.0. The van der Waals surface area contributed by atoms with Crippen molar-refractivity contribution in [3.63, 3.8) is 0 Å². The summed E-state index contributed by atoms with van der Waals surface area (Å²) in [6, 6.07) is 76.3. The van der Waals surface area contributed by atoms with Gasteiger partial charge in [0.1, 0.15) is 16.7 Å². The van der Waals surface area contributed by atoms with E-state index in [1.54, 1.807) is 0 Å². The molecule has 0 amide bonds. The number of benzene rings is 10. The van der Waals surface area contributed by atoms with E-state index in [0.29, 0.717) is 0 Å². The lowest BCUT2D eigenvalue weighted by molar-refractivity contribution is 0.590. The molecule has 0 fully saturated rings. The Bertz CT molecular complexity index is 4470. The van der Waals surface area contributed by atoms with E-state index in [-0.39, 0.29) is 17.5 Å². The molecule has 5 heterocycles. The van der Waals surface area contributed by atoms with Crippen molar-refractivity contribution in [2.75, 3.05) is 14.7 Å². The Morgan fingerprint density at radius 1 is 0.413 bits per heavy atom. The average molecular weight is 986 g/mol. The Labute approximate surface area is 440 Å². The zero-order valence-electron chi connectivity index (χ0n) is 42.8. The predicted octanol–water partition coefficient (Wildman–Crippen LogP) is 18.0. The zero-order valence-corrected chi connectivity index (χ0v) is 43.6. The Hall–Kier alpha value is -8.52. The number of thiophene rings is 1. The standard InChI is InChI=1S/C68H52BN3O2S/c1-67(2,3)41-28-32-43(33-29-41)70-54-21-14-22-55-65(54)69(52-40-61-50(47-17-8-10-24-59(47)73-61)39-58(52)71(55)44-34-30-42(31-35-44)68(4,5)6)51-37-36-45(38-57(51)70)72(53-20-15-27-63-64(53)49-18-9-12-26-62(49)75-63)56-23-13-19-48-46-16-7-11-25-60(46)74-66(48)56/h7-40H,1-6H3. The maximum Gasteiger partial charge on any atom is 0.252 e. The number of furan rings is 2. The molecule has 0 N–H and O–H groups in total. The summed E-state index contributed by atoms with van der Waals surface area (Å²) in [5.41, 5.74) is 19.7. The molecule has 0 radical (unpaired) electrons. The first kappa shape index (κ1) is 44.0. The fraction of sp³-hybridized carbons (Fsp3) is 0.118. The second-order valence-electron chi connectivity index (χ2n) is 22.5. The first-order valence-corrected chi connectivity index (χ1v) is 26.9. The van der Waals surface area contributed by atoms with Gasteiger partial charge in [0.2, 0.25) is 0 Å². The van der Waals surface area contributed by atoms with Crippen LogP contribution in [0.5, 0.6) is 0 Å². The lowest BCUT2D eigenvalue weighted by atomic mass is 9.33. The van der Waals surface area contributed by atoms with E-state index in [1.165, 1.54) is 53.4 Å². The van der Waals surface area contributed by atoms with Gasteiger partial charge in [-0.1, -0.05) is 151 Å². The van der Waals surface area contributed by atoms with E-state index < -0.39 is 0 Å². The van der Waals surface area contributed by atoms with Crippen LogP contribution in [-0.2, 0) is 10.8 Å². The topological polar surface area (TPSA) is 36.0 Å². The largest absolute Gasteiger partial charge is 0.456 e. The van der Waals surface area contributed by atoms with Gasteiger partial charge in [-0.3, -0.25) is 0 Å². The van der Waals surface area contributed by atoms with Crippen LogP contribution in [0.25, 0.3) is 64.0 Å². The molecule has 2 aliphatic heterocycles. The first-order chi connectivity index (χ1) is 36.5. The molecule has 360 valence electrons. The van der Waals surface area contributed by atoms with Gasteiger partial charge in [-0.2, -0.15) is 0 Å². The monoisotopic (exact) mass is 985 g/mol. The van der Waals surface area contributed by atoms with E-state index in [9.17, 15) is 0 Å². The van der Waals surface area contributed by atoms with Crippen LogP contribution in [0, 0.1) is 0 Å². The second-order valence-corrected chi connectivity index (χ2v) is 23.6. The minimum absolute atomic E-state index is 0.0116. The van der Waals surface area contributed by atoms with Crippen molar-refractivity contribution < 1.29 is 8.83 Å². The fourth-order valence-corrected chi connectivity index (χ4v) is 13.4. The van der Waals surface area contributed by atoms with E-state index in [0.717, 1.165) is 89.4 Å². The molecule has 0 bridgehead atoms. The lowest BCUT2D eigenvalue weighted by Crippen LogP contribution is -2.61. The Balaban J connectivity index is 1.03. The molecule has 0 aliphatic carbocycles. The molecular weight excluding hydrogens is 934 g/mol. The molecule has 10 aromatic carbocycles. The summed E-state index contributed by atoms with van der Waals surface area (Å²) in [5.74, 6) is 0. The summed E-state index contributed by atoms with van der Waals surface area (Å²) in [7, 11) is 0. The SMILES string of the molecule is CC(C)(C)c1ccc(N2c3cc(N(c4cccc5c4oc4ccccc45)c4cccc5sc6ccccc6c45)ccc3B3c4cc5oc6ccccc6c5cc4N(c4ccc(C(C)(C)C)cc4)c4cccc2c43)cc1. The van der Waals surface area contributed by atoms with Gasteiger partial charge >= 0.3 is 0 Å². The molecule has 3 aromatic heterocycles. The third kappa shape index (κ3) is 6.63. The molecule has 15 rings (SSSR count). The van der Waals surface area contributed by atoms with Crippen molar-refractivity contribution in [1.82, 2.24) is 0 Å². The van der Waals surface area contributed by atoms with E-state index in [4.69, 9.17) is 8.83 Å². The van der Waals surface area contributed by atoms with Crippen LogP contribution in [-0.4, -0.2) is 6.71 Å². The second kappa shape index (κ2) is 16.0. The van der Waals surface area contributed by atoms with Crippen LogP contribution in [0.4, 0.5) is 51.2 Å². The number of rotatable bonds is 5. The molecule has 13 aromatic rings. The summed E-state index contributed by atoms with van der Waals surface area (Å²) < 4.78 is 16.2. The van der Waals surface area contributed by atoms with Crippen molar-refractivity contribution in [1.29, 1.82) is 0 Å². The number of hydrogen-bond donors (Lipinski definition) is 0. The van der Waals surface area contributed by atoms with Crippen LogP contribution < -0.4 is 31.1 Å². The van der Waals surface area contributed by atoms with Crippen molar-refractivity contribution in [3.05, 3.63) is 217 Å². The number of fused-ring (bicyclic) bond motifs is 13. The first-order valence-electron chi connectivity index (χ1n) is 26.1. The van der Waals surface area contributed by atoms with Crippen LogP contribution in [0.2, 0.25) is 0 Å². The summed E-state index contributed by atoms with van der Waals surface area (Å²) in [5, 5.41) is 6.87. The van der Waals surface area contributed by atoms with Crippen molar-refractivity contribution >= 4 is 150 Å². The van der Waals surface area contributed by atoms with Crippen molar-refractivity contribution in [2.45, 2.75) is 52.4 Å². The highest BCUT2D eigenvalue weighted by Crippen LogP contribution is 2.51. The van der Waals surface area contributed by atoms with Crippen molar-refractivity contribution in [3.8, 4) is 0 Å². The molecular formula is C68H52BN3O2S. The Morgan fingerprint density at radius 3 is 1.64 bits per heavy atom. The van der Waals surface area contributed by atoms with Crippen molar-refractivity contribution in [2.24, 2.45) is 0 Å². The highest BCUT2D eigenvalue weighted by molar-refractivity contribution is 7.26. The molecule has 0 saturated carbocycles. The molecule has 2 aliphatic rings. The van der Waals surface area contributed by atoms with Crippen LogP contribution >= 0.6 is 11.3 Å². The van der Waals surface area contributed by atoms with E-state index in [1.807, 2.05) is 11.3 Å². The van der Waals surface area contributed by atoms with Gasteiger partial charge in [-0.15, -0.1) is 11.3 Å². The highest BCUT2D eigenvalue weighted by Gasteiger charge is 2.44. The minimum atomic E-state index is -0.125.